The Morgan fingerprint density at radius 1 is 1.41 bits per heavy atom. The molecule has 8 heteroatoms. The Kier molecular flexibility index (Phi) is 3.50. The molecule has 0 saturated heterocycles. The van der Waals surface area contributed by atoms with E-state index in [0.29, 0.717) is 6.07 Å². The van der Waals surface area contributed by atoms with Crippen LogP contribution in [0.25, 0.3) is 0 Å². The number of aryl methyl sites for hydroxylation is 1. The maximum atomic E-state index is 12.5. The molecule has 0 aliphatic rings. The van der Waals surface area contributed by atoms with E-state index in [9.17, 15) is 22.0 Å². The van der Waals surface area contributed by atoms with Crippen molar-refractivity contribution in [2.24, 2.45) is 0 Å². The van der Waals surface area contributed by atoms with Gasteiger partial charge in [-0.25, -0.2) is 13.8 Å². The number of hydrogen-bond acceptors (Lipinski definition) is 3. The van der Waals surface area contributed by atoms with Gasteiger partial charge in [0.1, 0.15) is 11.8 Å². The van der Waals surface area contributed by atoms with Crippen molar-refractivity contribution in [2.75, 3.05) is 0 Å². The summed E-state index contributed by atoms with van der Waals surface area (Å²) in [7, 11) is 0. The molecule has 0 radical (unpaired) electrons. The highest BCUT2D eigenvalue weighted by Crippen LogP contribution is 2.34. The summed E-state index contributed by atoms with van der Waals surface area (Å²) < 4.78 is 64.5. The minimum Gasteiger partial charge on any atom is -0.405 e. The van der Waals surface area contributed by atoms with Crippen molar-refractivity contribution in [1.82, 2.24) is 4.98 Å². The number of rotatable bonds is 2. The smallest absolute Gasteiger partial charge is 0.405 e. The average molecular weight is 252 g/mol. The zero-order valence-electron chi connectivity index (χ0n) is 8.35. The van der Waals surface area contributed by atoms with Gasteiger partial charge >= 0.3 is 6.36 Å². The van der Waals surface area contributed by atoms with Crippen LogP contribution in [0.1, 0.15) is 23.4 Å². The summed E-state index contributed by atoms with van der Waals surface area (Å²) in [5, 5.41) is 8.53. The van der Waals surface area contributed by atoms with Gasteiger partial charge in [-0.1, -0.05) is 0 Å². The molecule has 0 bridgehead atoms. The molecular formula is C9H5F5N2O. The Balaban J connectivity index is 3.37. The molecule has 0 aromatic carbocycles. The van der Waals surface area contributed by atoms with Crippen molar-refractivity contribution >= 4 is 0 Å². The standard InChI is InChI=1S/C9H5F5N2O/c1-4-2-6(17-9(12,13)14)7(8(10)11)5(3-15)16-4/h2,8H,1H3. The first kappa shape index (κ1) is 13.2. The summed E-state index contributed by atoms with van der Waals surface area (Å²) in [4.78, 5) is 3.42. The van der Waals surface area contributed by atoms with Crippen molar-refractivity contribution < 1.29 is 26.7 Å². The molecule has 3 nitrogen and oxygen atoms in total. The van der Waals surface area contributed by atoms with Gasteiger partial charge in [-0.05, 0) is 6.92 Å². The third-order valence-electron chi connectivity index (χ3n) is 1.70. The topological polar surface area (TPSA) is 45.9 Å². The predicted octanol–water partition coefficient (Wildman–Crippen LogP) is 3.10. The van der Waals surface area contributed by atoms with E-state index in [2.05, 4.69) is 9.72 Å². The third kappa shape index (κ3) is 3.27. The molecule has 17 heavy (non-hydrogen) atoms. The highest BCUT2D eigenvalue weighted by molar-refractivity contribution is 5.44. The monoisotopic (exact) mass is 252 g/mol. The lowest BCUT2D eigenvalue weighted by Crippen LogP contribution is -2.19. The fourth-order valence-electron chi connectivity index (χ4n) is 1.16. The quantitative estimate of drug-likeness (QED) is 0.760. The summed E-state index contributed by atoms with van der Waals surface area (Å²) in [6.45, 7) is 1.26. The van der Waals surface area contributed by atoms with Crippen LogP contribution in [0.3, 0.4) is 0 Å². The van der Waals surface area contributed by atoms with Gasteiger partial charge in [0, 0.05) is 11.8 Å². The van der Waals surface area contributed by atoms with Crippen LogP contribution in [0.15, 0.2) is 6.07 Å². The number of nitrogens with zero attached hydrogens (tertiary/aromatic N) is 2. The van der Waals surface area contributed by atoms with Gasteiger partial charge < -0.3 is 4.74 Å². The van der Waals surface area contributed by atoms with Gasteiger partial charge in [-0.15, -0.1) is 13.2 Å². The Morgan fingerprint density at radius 3 is 2.41 bits per heavy atom. The van der Waals surface area contributed by atoms with E-state index in [1.165, 1.54) is 13.0 Å². The minimum atomic E-state index is -5.11. The van der Waals surface area contributed by atoms with Crippen LogP contribution in [-0.2, 0) is 0 Å². The third-order valence-corrected chi connectivity index (χ3v) is 1.70. The Morgan fingerprint density at radius 2 is 2.00 bits per heavy atom. The minimum absolute atomic E-state index is 0.0230. The van der Waals surface area contributed by atoms with Crippen LogP contribution in [0, 0.1) is 18.3 Å². The second-order valence-electron chi connectivity index (χ2n) is 2.98. The second-order valence-corrected chi connectivity index (χ2v) is 2.98. The number of ether oxygens (including phenoxy) is 1. The molecule has 0 aliphatic heterocycles. The number of alkyl halides is 5. The molecule has 1 aromatic heterocycles. The maximum Gasteiger partial charge on any atom is 0.573 e. The molecule has 0 N–H and O–H groups in total. The van der Waals surface area contributed by atoms with Crippen molar-refractivity contribution in [1.29, 1.82) is 5.26 Å². The molecule has 0 unspecified atom stereocenters. The lowest BCUT2D eigenvalue weighted by Gasteiger charge is -2.14. The Hall–Kier alpha value is -1.91. The molecule has 1 heterocycles. The Bertz CT molecular complexity index is 464. The largest absolute Gasteiger partial charge is 0.573 e. The maximum absolute atomic E-state index is 12.5. The predicted molar refractivity (Wildman–Crippen MR) is 45.3 cm³/mol. The van der Waals surface area contributed by atoms with Gasteiger partial charge in [-0.3, -0.25) is 0 Å². The van der Waals surface area contributed by atoms with Crippen LogP contribution < -0.4 is 4.74 Å². The Labute approximate surface area is 92.4 Å². The first-order chi connectivity index (χ1) is 7.74. The van der Waals surface area contributed by atoms with Crippen molar-refractivity contribution in [3.8, 4) is 11.8 Å². The fourth-order valence-corrected chi connectivity index (χ4v) is 1.16. The SMILES string of the molecule is Cc1cc(OC(F)(F)F)c(C(F)F)c(C#N)n1. The van der Waals surface area contributed by atoms with E-state index < -0.39 is 29.8 Å². The molecule has 0 aliphatic carbocycles. The van der Waals surface area contributed by atoms with Crippen molar-refractivity contribution in [3.63, 3.8) is 0 Å². The highest BCUT2D eigenvalue weighted by atomic mass is 19.4. The molecular weight excluding hydrogens is 247 g/mol. The summed E-state index contributed by atoms with van der Waals surface area (Å²) in [6, 6.07) is 2.01. The van der Waals surface area contributed by atoms with Crippen molar-refractivity contribution in [2.45, 2.75) is 19.7 Å². The zero-order valence-corrected chi connectivity index (χ0v) is 8.35. The van der Waals surface area contributed by atoms with Gasteiger partial charge in [0.25, 0.3) is 6.43 Å². The van der Waals surface area contributed by atoms with E-state index in [1.54, 1.807) is 0 Å². The molecule has 0 saturated carbocycles. The summed E-state index contributed by atoms with van der Waals surface area (Å²) in [5.74, 6) is -1.10. The molecule has 0 atom stereocenters. The summed E-state index contributed by atoms with van der Waals surface area (Å²) in [5.41, 5.74) is -1.96. The van der Waals surface area contributed by atoms with E-state index in [1.807, 2.05) is 0 Å². The summed E-state index contributed by atoms with van der Waals surface area (Å²) in [6.07, 6.45) is -8.39. The number of pyridine rings is 1. The van der Waals surface area contributed by atoms with E-state index in [-0.39, 0.29) is 5.69 Å². The molecule has 0 amide bonds. The first-order valence-corrected chi connectivity index (χ1v) is 4.20. The lowest BCUT2D eigenvalue weighted by molar-refractivity contribution is -0.275. The van der Waals surface area contributed by atoms with Crippen LogP contribution >= 0.6 is 0 Å². The van der Waals surface area contributed by atoms with E-state index in [0.717, 1.165) is 0 Å². The summed E-state index contributed by atoms with van der Waals surface area (Å²) >= 11 is 0. The van der Waals surface area contributed by atoms with Crippen LogP contribution in [0.2, 0.25) is 0 Å². The second kappa shape index (κ2) is 4.53. The van der Waals surface area contributed by atoms with Crippen LogP contribution in [0.5, 0.6) is 5.75 Å². The van der Waals surface area contributed by atoms with Crippen LogP contribution in [0.4, 0.5) is 22.0 Å². The number of nitriles is 1. The average Bonchev–Trinajstić information content (AvgIpc) is 2.12. The van der Waals surface area contributed by atoms with Crippen molar-refractivity contribution in [3.05, 3.63) is 23.0 Å². The van der Waals surface area contributed by atoms with E-state index >= 15 is 0 Å². The highest BCUT2D eigenvalue weighted by Gasteiger charge is 2.34. The van der Waals surface area contributed by atoms with Gasteiger partial charge in [0.2, 0.25) is 0 Å². The van der Waals surface area contributed by atoms with Gasteiger partial charge in [-0.2, -0.15) is 5.26 Å². The normalized spacial score (nSPS) is 11.4. The zero-order chi connectivity index (χ0) is 13.2. The molecule has 1 aromatic rings. The first-order valence-electron chi connectivity index (χ1n) is 4.20. The number of halogens is 5. The lowest BCUT2D eigenvalue weighted by atomic mass is 10.1. The molecule has 0 spiro atoms. The van der Waals surface area contributed by atoms with Gasteiger partial charge in [0.15, 0.2) is 5.69 Å². The molecule has 92 valence electrons. The fraction of sp³-hybridized carbons (Fsp3) is 0.333. The van der Waals surface area contributed by atoms with E-state index in [4.69, 9.17) is 5.26 Å². The molecule has 0 fully saturated rings. The number of aromatic nitrogens is 1. The molecule has 1 rings (SSSR count). The number of hydrogen-bond donors (Lipinski definition) is 0. The van der Waals surface area contributed by atoms with Gasteiger partial charge in [0.05, 0.1) is 5.56 Å². The van der Waals surface area contributed by atoms with Crippen LogP contribution in [-0.4, -0.2) is 11.3 Å².